The first kappa shape index (κ1) is 13.0. The van der Waals surface area contributed by atoms with Gasteiger partial charge >= 0.3 is 0 Å². The minimum atomic E-state index is -0.115. The van der Waals surface area contributed by atoms with Gasteiger partial charge in [-0.05, 0) is 38.1 Å². The standard InChI is InChI=1S/C13H28N2/c1-12(2,13(3,4)14)10-15-9-8-11-6-5-7-11/h11,15H,5-10,14H2,1-4H3. The molecule has 90 valence electrons. The second-order valence-corrected chi connectivity index (χ2v) is 6.37. The van der Waals surface area contributed by atoms with Crippen molar-refractivity contribution in [1.82, 2.24) is 5.32 Å². The molecule has 3 N–H and O–H groups in total. The topological polar surface area (TPSA) is 38.0 Å². The molecule has 0 bridgehead atoms. The average molecular weight is 212 g/mol. The largest absolute Gasteiger partial charge is 0.325 e. The van der Waals surface area contributed by atoms with Crippen molar-refractivity contribution in [1.29, 1.82) is 0 Å². The maximum absolute atomic E-state index is 6.15. The van der Waals surface area contributed by atoms with E-state index in [0.29, 0.717) is 0 Å². The molecular weight excluding hydrogens is 184 g/mol. The number of hydrogen-bond acceptors (Lipinski definition) is 2. The third kappa shape index (κ3) is 3.76. The minimum absolute atomic E-state index is 0.115. The summed E-state index contributed by atoms with van der Waals surface area (Å²) in [6.07, 6.45) is 5.70. The van der Waals surface area contributed by atoms with Crippen molar-refractivity contribution in [2.75, 3.05) is 13.1 Å². The highest BCUT2D eigenvalue weighted by molar-refractivity contribution is 4.91. The van der Waals surface area contributed by atoms with E-state index in [1.54, 1.807) is 0 Å². The summed E-state index contributed by atoms with van der Waals surface area (Å²) in [5.41, 5.74) is 6.20. The lowest BCUT2D eigenvalue weighted by atomic mass is 9.75. The molecule has 1 fully saturated rings. The van der Waals surface area contributed by atoms with Crippen LogP contribution in [0, 0.1) is 11.3 Å². The van der Waals surface area contributed by atoms with Gasteiger partial charge in [-0.1, -0.05) is 33.1 Å². The van der Waals surface area contributed by atoms with Gasteiger partial charge in [-0.15, -0.1) is 0 Å². The summed E-state index contributed by atoms with van der Waals surface area (Å²) in [5, 5.41) is 3.55. The van der Waals surface area contributed by atoms with Gasteiger partial charge < -0.3 is 11.1 Å². The van der Waals surface area contributed by atoms with Crippen LogP contribution in [0.25, 0.3) is 0 Å². The van der Waals surface area contributed by atoms with Gasteiger partial charge in [0.15, 0.2) is 0 Å². The second kappa shape index (κ2) is 4.84. The minimum Gasteiger partial charge on any atom is -0.325 e. The molecule has 0 aromatic rings. The van der Waals surface area contributed by atoms with Gasteiger partial charge in [0.1, 0.15) is 0 Å². The van der Waals surface area contributed by atoms with Crippen molar-refractivity contribution in [3.63, 3.8) is 0 Å². The van der Waals surface area contributed by atoms with Crippen molar-refractivity contribution >= 4 is 0 Å². The molecule has 0 unspecified atom stereocenters. The smallest absolute Gasteiger partial charge is 0.0161 e. The van der Waals surface area contributed by atoms with Crippen LogP contribution in [0.2, 0.25) is 0 Å². The summed E-state index contributed by atoms with van der Waals surface area (Å²) < 4.78 is 0. The monoisotopic (exact) mass is 212 g/mol. The summed E-state index contributed by atoms with van der Waals surface area (Å²) in [4.78, 5) is 0. The zero-order valence-electron chi connectivity index (χ0n) is 10.9. The Labute approximate surface area is 95.0 Å². The van der Waals surface area contributed by atoms with E-state index in [2.05, 4.69) is 33.0 Å². The van der Waals surface area contributed by atoms with Crippen molar-refractivity contribution in [3.8, 4) is 0 Å². The molecule has 1 saturated carbocycles. The lowest BCUT2D eigenvalue weighted by Gasteiger charge is -2.39. The molecule has 0 spiro atoms. The molecule has 0 saturated heterocycles. The molecule has 0 heterocycles. The highest BCUT2D eigenvalue weighted by Gasteiger charge is 2.32. The van der Waals surface area contributed by atoms with E-state index in [4.69, 9.17) is 5.73 Å². The predicted octanol–water partition coefficient (Wildman–Crippen LogP) is 2.53. The Bertz CT molecular complexity index is 187. The van der Waals surface area contributed by atoms with Crippen LogP contribution in [0.3, 0.4) is 0 Å². The first-order chi connectivity index (χ1) is 6.83. The van der Waals surface area contributed by atoms with Crippen LogP contribution in [0.4, 0.5) is 0 Å². The molecule has 0 amide bonds. The molecule has 1 aliphatic rings. The van der Waals surface area contributed by atoms with Crippen LogP contribution in [0.1, 0.15) is 53.4 Å². The molecular formula is C13H28N2. The van der Waals surface area contributed by atoms with Crippen LogP contribution in [0.5, 0.6) is 0 Å². The summed E-state index contributed by atoms with van der Waals surface area (Å²) in [6, 6.07) is 0. The van der Waals surface area contributed by atoms with Gasteiger partial charge in [0.05, 0.1) is 0 Å². The number of nitrogens with one attached hydrogen (secondary N) is 1. The van der Waals surface area contributed by atoms with Crippen molar-refractivity contribution in [2.24, 2.45) is 17.1 Å². The fourth-order valence-electron chi connectivity index (χ4n) is 1.72. The molecule has 0 aliphatic heterocycles. The lowest BCUT2D eigenvalue weighted by Crippen LogP contribution is -2.52. The number of nitrogens with two attached hydrogens (primary N) is 1. The fraction of sp³-hybridized carbons (Fsp3) is 1.00. The first-order valence-corrected chi connectivity index (χ1v) is 6.32. The maximum atomic E-state index is 6.15. The molecule has 0 aromatic carbocycles. The van der Waals surface area contributed by atoms with Gasteiger partial charge in [-0.3, -0.25) is 0 Å². The molecule has 1 aliphatic carbocycles. The third-order valence-electron chi connectivity index (χ3n) is 4.27. The van der Waals surface area contributed by atoms with E-state index in [-0.39, 0.29) is 11.0 Å². The molecule has 1 rings (SSSR count). The van der Waals surface area contributed by atoms with Crippen LogP contribution in [-0.2, 0) is 0 Å². The fourth-order valence-corrected chi connectivity index (χ4v) is 1.72. The highest BCUT2D eigenvalue weighted by Crippen LogP contribution is 2.29. The molecule has 0 radical (unpaired) electrons. The normalized spacial score (nSPS) is 19.0. The zero-order valence-corrected chi connectivity index (χ0v) is 10.9. The van der Waals surface area contributed by atoms with Gasteiger partial charge in [0.25, 0.3) is 0 Å². The Morgan fingerprint density at radius 1 is 1.20 bits per heavy atom. The summed E-state index contributed by atoms with van der Waals surface area (Å²) in [5.74, 6) is 1.01. The van der Waals surface area contributed by atoms with Gasteiger partial charge in [0.2, 0.25) is 0 Å². The van der Waals surface area contributed by atoms with E-state index >= 15 is 0 Å². The van der Waals surface area contributed by atoms with Crippen molar-refractivity contribution < 1.29 is 0 Å². The Hall–Kier alpha value is -0.0800. The average Bonchev–Trinajstić information content (AvgIpc) is 1.98. The zero-order chi connectivity index (χ0) is 11.5. The van der Waals surface area contributed by atoms with E-state index in [1.807, 2.05) is 0 Å². The van der Waals surface area contributed by atoms with Crippen LogP contribution < -0.4 is 11.1 Å². The molecule has 15 heavy (non-hydrogen) atoms. The number of rotatable bonds is 6. The van der Waals surface area contributed by atoms with E-state index in [9.17, 15) is 0 Å². The van der Waals surface area contributed by atoms with Crippen LogP contribution in [-0.4, -0.2) is 18.6 Å². The molecule has 0 atom stereocenters. The van der Waals surface area contributed by atoms with Gasteiger partial charge in [-0.25, -0.2) is 0 Å². The van der Waals surface area contributed by atoms with E-state index in [0.717, 1.165) is 19.0 Å². The van der Waals surface area contributed by atoms with Crippen molar-refractivity contribution in [2.45, 2.75) is 58.9 Å². The van der Waals surface area contributed by atoms with Crippen molar-refractivity contribution in [3.05, 3.63) is 0 Å². The van der Waals surface area contributed by atoms with Crippen LogP contribution >= 0.6 is 0 Å². The molecule has 0 aromatic heterocycles. The maximum Gasteiger partial charge on any atom is 0.0161 e. The lowest BCUT2D eigenvalue weighted by molar-refractivity contribution is 0.191. The second-order valence-electron chi connectivity index (χ2n) is 6.37. The van der Waals surface area contributed by atoms with E-state index < -0.39 is 0 Å². The predicted molar refractivity (Wildman–Crippen MR) is 66.9 cm³/mol. The summed E-state index contributed by atoms with van der Waals surface area (Å²) >= 11 is 0. The molecule has 2 heteroatoms. The van der Waals surface area contributed by atoms with E-state index in [1.165, 1.54) is 25.7 Å². The Morgan fingerprint density at radius 3 is 2.20 bits per heavy atom. The highest BCUT2D eigenvalue weighted by atomic mass is 14.9. The number of hydrogen-bond donors (Lipinski definition) is 2. The van der Waals surface area contributed by atoms with Crippen LogP contribution in [0.15, 0.2) is 0 Å². The summed E-state index contributed by atoms with van der Waals surface area (Å²) in [6.45, 7) is 10.9. The third-order valence-corrected chi connectivity index (χ3v) is 4.27. The Morgan fingerprint density at radius 2 is 1.80 bits per heavy atom. The Kier molecular flexibility index (Phi) is 4.19. The van der Waals surface area contributed by atoms with Gasteiger partial charge in [-0.2, -0.15) is 0 Å². The van der Waals surface area contributed by atoms with Gasteiger partial charge in [0, 0.05) is 12.1 Å². The Balaban J connectivity index is 2.12. The SMILES string of the molecule is CC(C)(N)C(C)(C)CNCCC1CCC1. The molecule has 2 nitrogen and oxygen atoms in total. The quantitative estimate of drug-likeness (QED) is 0.664. The first-order valence-electron chi connectivity index (χ1n) is 6.32. The summed E-state index contributed by atoms with van der Waals surface area (Å²) in [7, 11) is 0.